The van der Waals surface area contributed by atoms with Gasteiger partial charge in [-0.3, -0.25) is 4.57 Å². The van der Waals surface area contributed by atoms with Crippen molar-refractivity contribution in [2.45, 2.75) is 23.5 Å². The fourth-order valence-electron chi connectivity index (χ4n) is 3.11. The van der Waals surface area contributed by atoms with Crippen molar-refractivity contribution in [1.82, 2.24) is 14.8 Å². The number of aryl methyl sites for hydroxylation is 1. The van der Waals surface area contributed by atoms with Crippen molar-refractivity contribution in [2.75, 3.05) is 11.5 Å². The number of rotatable bonds is 8. The van der Waals surface area contributed by atoms with Crippen molar-refractivity contribution in [1.29, 1.82) is 0 Å². The maximum atomic E-state index is 12.6. The molecule has 154 valence electrons. The number of furan rings is 1. The van der Waals surface area contributed by atoms with Crippen LogP contribution in [0.4, 0.5) is 0 Å². The van der Waals surface area contributed by atoms with Crippen molar-refractivity contribution in [3.8, 4) is 11.4 Å². The molecule has 0 spiro atoms. The monoisotopic (exact) mass is 439 g/mol. The van der Waals surface area contributed by atoms with Gasteiger partial charge in [-0.05, 0) is 36.8 Å². The van der Waals surface area contributed by atoms with E-state index in [1.807, 2.05) is 47.9 Å². The summed E-state index contributed by atoms with van der Waals surface area (Å²) < 4.78 is 32.6. The predicted octanol–water partition coefficient (Wildman–Crippen LogP) is 4.46. The molecule has 0 saturated heterocycles. The van der Waals surface area contributed by atoms with Crippen molar-refractivity contribution < 1.29 is 12.8 Å². The first-order chi connectivity index (χ1) is 14.5. The Bertz CT molecular complexity index is 1220. The molecule has 0 unspecified atom stereocenters. The van der Waals surface area contributed by atoms with E-state index in [0.29, 0.717) is 22.3 Å². The summed E-state index contributed by atoms with van der Waals surface area (Å²) in [5.74, 6) is 1.91. The van der Waals surface area contributed by atoms with Gasteiger partial charge in [-0.2, -0.15) is 0 Å². The van der Waals surface area contributed by atoms with Crippen molar-refractivity contribution >= 4 is 21.6 Å². The SMILES string of the molecule is Cc1ccccc1-c1nnc(SCCS(=O)(=O)c2ccccc2)n1Cc1ccco1. The third kappa shape index (κ3) is 4.49. The highest BCUT2D eigenvalue weighted by Crippen LogP contribution is 2.27. The molecule has 2 aromatic carbocycles. The van der Waals surface area contributed by atoms with E-state index in [-0.39, 0.29) is 5.75 Å². The molecule has 0 aliphatic rings. The Balaban J connectivity index is 1.58. The molecule has 0 atom stereocenters. The molecule has 4 rings (SSSR count). The van der Waals surface area contributed by atoms with Gasteiger partial charge in [0.15, 0.2) is 20.8 Å². The number of hydrogen-bond donors (Lipinski definition) is 0. The van der Waals surface area contributed by atoms with E-state index in [0.717, 1.165) is 22.7 Å². The molecule has 0 bridgehead atoms. The highest BCUT2D eigenvalue weighted by molar-refractivity contribution is 8.00. The fourth-order valence-corrected chi connectivity index (χ4v) is 5.71. The van der Waals surface area contributed by atoms with E-state index in [4.69, 9.17) is 4.42 Å². The van der Waals surface area contributed by atoms with Gasteiger partial charge >= 0.3 is 0 Å². The Kier molecular flexibility index (Phi) is 6.06. The second kappa shape index (κ2) is 8.89. The van der Waals surface area contributed by atoms with E-state index in [1.54, 1.807) is 36.6 Å². The number of benzene rings is 2. The van der Waals surface area contributed by atoms with Crippen molar-refractivity contribution in [3.63, 3.8) is 0 Å². The van der Waals surface area contributed by atoms with E-state index < -0.39 is 9.84 Å². The topological polar surface area (TPSA) is 78.0 Å². The Hall–Kier alpha value is -2.84. The molecule has 0 N–H and O–H groups in total. The standard InChI is InChI=1S/C22H21N3O3S2/c1-17-8-5-6-12-20(17)21-23-24-22(25(21)16-18-9-7-13-28-18)29-14-15-30(26,27)19-10-3-2-4-11-19/h2-13H,14-16H2,1H3. The lowest BCUT2D eigenvalue weighted by atomic mass is 10.1. The second-order valence-corrected chi connectivity index (χ2v) is 9.94. The third-order valence-electron chi connectivity index (χ3n) is 4.68. The Morgan fingerprint density at radius 3 is 2.47 bits per heavy atom. The lowest BCUT2D eigenvalue weighted by molar-refractivity contribution is 0.485. The van der Waals surface area contributed by atoms with Gasteiger partial charge in [0, 0.05) is 11.3 Å². The number of aromatic nitrogens is 3. The molecule has 0 fully saturated rings. The largest absolute Gasteiger partial charge is 0.467 e. The smallest absolute Gasteiger partial charge is 0.191 e. The first kappa shape index (κ1) is 20.4. The van der Waals surface area contributed by atoms with Crippen molar-refractivity contribution in [3.05, 3.63) is 84.3 Å². The molecule has 2 aromatic heterocycles. The average molecular weight is 440 g/mol. The van der Waals surface area contributed by atoms with E-state index in [2.05, 4.69) is 10.2 Å². The van der Waals surface area contributed by atoms with Crippen LogP contribution in [0.2, 0.25) is 0 Å². The molecular weight excluding hydrogens is 418 g/mol. The zero-order valence-corrected chi connectivity index (χ0v) is 18.1. The molecule has 30 heavy (non-hydrogen) atoms. The van der Waals surface area contributed by atoms with Crippen LogP contribution in [-0.4, -0.2) is 34.7 Å². The Labute approximate surface area is 179 Å². The van der Waals surface area contributed by atoms with Crippen LogP contribution in [0.3, 0.4) is 0 Å². The summed E-state index contributed by atoms with van der Waals surface area (Å²) in [5.41, 5.74) is 2.08. The quantitative estimate of drug-likeness (QED) is 0.377. The summed E-state index contributed by atoms with van der Waals surface area (Å²) in [6.07, 6.45) is 1.63. The van der Waals surface area contributed by atoms with Gasteiger partial charge in [0.25, 0.3) is 0 Å². The number of nitrogens with zero attached hydrogens (tertiary/aromatic N) is 3. The van der Waals surface area contributed by atoms with Crippen LogP contribution in [0, 0.1) is 6.92 Å². The highest BCUT2D eigenvalue weighted by Gasteiger charge is 2.19. The Morgan fingerprint density at radius 1 is 0.967 bits per heavy atom. The number of hydrogen-bond acceptors (Lipinski definition) is 6. The summed E-state index contributed by atoms with van der Waals surface area (Å²) in [7, 11) is -3.34. The predicted molar refractivity (Wildman–Crippen MR) is 117 cm³/mol. The minimum atomic E-state index is -3.34. The second-order valence-electron chi connectivity index (χ2n) is 6.77. The van der Waals surface area contributed by atoms with Crippen LogP contribution in [0.25, 0.3) is 11.4 Å². The fraction of sp³-hybridized carbons (Fsp3) is 0.182. The van der Waals surface area contributed by atoms with Gasteiger partial charge in [0.1, 0.15) is 5.76 Å². The summed E-state index contributed by atoms with van der Waals surface area (Å²) in [6, 6.07) is 20.2. The molecule has 4 aromatic rings. The van der Waals surface area contributed by atoms with E-state index in [1.165, 1.54) is 11.8 Å². The van der Waals surface area contributed by atoms with E-state index in [9.17, 15) is 8.42 Å². The highest BCUT2D eigenvalue weighted by atomic mass is 32.2. The normalized spacial score (nSPS) is 11.6. The molecule has 6 nitrogen and oxygen atoms in total. The minimum absolute atomic E-state index is 0.0228. The number of sulfone groups is 1. The summed E-state index contributed by atoms with van der Waals surface area (Å²) in [6.45, 7) is 2.50. The zero-order chi connectivity index (χ0) is 21.0. The van der Waals surface area contributed by atoms with Gasteiger partial charge in [0.2, 0.25) is 0 Å². The van der Waals surface area contributed by atoms with Crippen LogP contribution >= 0.6 is 11.8 Å². The minimum Gasteiger partial charge on any atom is -0.467 e. The molecular formula is C22H21N3O3S2. The third-order valence-corrected chi connectivity index (χ3v) is 7.64. The van der Waals surface area contributed by atoms with Gasteiger partial charge in [-0.25, -0.2) is 8.42 Å². The maximum absolute atomic E-state index is 12.6. The summed E-state index contributed by atoms with van der Waals surface area (Å²) in [5, 5.41) is 9.41. The molecule has 0 saturated carbocycles. The number of thioether (sulfide) groups is 1. The van der Waals surface area contributed by atoms with Crippen LogP contribution in [0.5, 0.6) is 0 Å². The zero-order valence-electron chi connectivity index (χ0n) is 16.4. The lowest BCUT2D eigenvalue weighted by Crippen LogP contribution is -2.10. The average Bonchev–Trinajstić information content (AvgIpc) is 3.40. The van der Waals surface area contributed by atoms with Crippen molar-refractivity contribution in [2.24, 2.45) is 0 Å². The van der Waals surface area contributed by atoms with E-state index >= 15 is 0 Å². The molecule has 8 heteroatoms. The first-order valence-electron chi connectivity index (χ1n) is 9.47. The van der Waals surface area contributed by atoms with Gasteiger partial charge in [0.05, 0.1) is 23.5 Å². The Morgan fingerprint density at radius 2 is 1.73 bits per heavy atom. The lowest BCUT2D eigenvalue weighted by Gasteiger charge is -2.10. The summed E-state index contributed by atoms with van der Waals surface area (Å²) in [4.78, 5) is 0.336. The first-order valence-corrected chi connectivity index (χ1v) is 12.1. The van der Waals surface area contributed by atoms with Gasteiger partial charge in [-0.15, -0.1) is 10.2 Å². The van der Waals surface area contributed by atoms with Gasteiger partial charge < -0.3 is 4.42 Å². The molecule has 0 radical (unpaired) electrons. The maximum Gasteiger partial charge on any atom is 0.191 e. The molecule has 0 amide bonds. The van der Waals surface area contributed by atoms with Crippen LogP contribution in [0.15, 0.2) is 87.5 Å². The van der Waals surface area contributed by atoms with Crippen LogP contribution < -0.4 is 0 Å². The molecule has 0 aliphatic carbocycles. The van der Waals surface area contributed by atoms with Crippen LogP contribution in [-0.2, 0) is 16.4 Å². The molecule has 2 heterocycles. The van der Waals surface area contributed by atoms with Gasteiger partial charge in [-0.1, -0.05) is 54.2 Å². The van der Waals surface area contributed by atoms with Crippen LogP contribution in [0.1, 0.15) is 11.3 Å². The molecule has 0 aliphatic heterocycles. The summed E-state index contributed by atoms with van der Waals surface area (Å²) >= 11 is 1.38.